The Morgan fingerprint density at radius 1 is 1.03 bits per heavy atom. The summed E-state index contributed by atoms with van der Waals surface area (Å²) in [5.74, 6) is 0.392. The molecule has 156 valence electrons. The maximum absolute atomic E-state index is 12.4. The highest BCUT2D eigenvalue weighted by Crippen LogP contribution is 2.23. The Labute approximate surface area is 179 Å². The summed E-state index contributed by atoms with van der Waals surface area (Å²) in [6.45, 7) is 1.58. The van der Waals surface area contributed by atoms with Gasteiger partial charge >= 0.3 is 5.97 Å². The Bertz CT molecular complexity index is 785. The SMILES string of the molecule is COCCNC(=O)CSc1ccccc1C(=O)OCCCOc1ccc(Cl)cc1. The van der Waals surface area contributed by atoms with Crippen LogP contribution in [0.3, 0.4) is 0 Å². The molecule has 8 heteroatoms. The molecule has 6 nitrogen and oxygen atoms in total. The number of carbonyl (C=O) groups excluding carboxylic acids is 2. The number of carbonyl (C=O) groups is 2. The Morgan fingerprint density at radius 3 is 2.55 bits per heavy atom. The molecule has 2 rings (SSSR count). The molecule has 0 spiro atoms. The quantitative estimate of drug-likeness (QED) is 0.309. The van der Waals surface area contributed by atoms with Gasteiger partial charge in [-0.15, -0.1) is 11.8 Å². The maximum atomic E-state index is 12.4. The number of ether oxygens (including phenoxy) is 3. The highest BCUT2D eigenvalue weighted by atomic mass is 35.5. The topological polar surface area (TPSA) is 73.9 Å². The molecule has 0 aromatic heterocycles. The van der Waals surface area contributed by atoms with Gasteiger partial charge in [0.15, 0.2) is 0 Å². The van der Waals surface area contributed by atoms with E-state index in [0.29, 0.717) is 47.4 Å². The first-order valence-corrected chi connectivity index (χ1v) is 10.5. The van der Waals surface area contributed by atoms with Gasteiger partial charge in [0.05, 0.1) is 31.1 Å². The molecule has 0 saturated carbocycles. The minimum atomic E-state index is -0.417. The van der Waals surface area contributed by atoms with Crippen molar-refractivity contribution in [3.8, 4) is 5.75 Å². The fraction of sp³-hybridized carbons (Fsp3) is 0.333. The van der Waals surface area contributed by atoms with Gasteiger partial charge in [-0.05, 0) is 36.4 Å². The zero-order chi connectivity index (χ0) is 20.9. The molecule has 0 fully saturated rings. The minimum absolute atomic E-state index is 0.116. The number of nitrogens with one attached hydrogen (secondary N) is 1. The summed E-state index contributed by atoms with van der Waals surface area (Å²) in [5.41, 5.74) is 0.445. The Morgan fingerprint density at radius 2 is 1.79 bits per heavy atom. The van der Waals surface area contributed by atoms with Crippen LogP contribution in [-0.2, 0) is 14.3 Å². The normalized spacial score (nSPS) is 10.4. The predicted molar refractivity (Wildman–Crippen MR) is 114 cm³/mol. The van der Waals surface area contributed by atoms with Gasteiger partial charge in [0, 0.05) is 30.0 Å². The fourth-order valence-corrected chi connectivity index (χ4v) is 3.27. The minimum Gasteiger partial charge on any atom is -0.493 e. The number of hydrogen-bond donors (Lipinski definition) is 1. The van der Waals surface area contributed by atoms with Crippen LogP contribution in [0.4, 0.5) is 0 Å². The monoisotopic (exact) mass is 437 g/mol. The van der Waals surface area contributed by atoms with Crippen LogP contribution in [0.1, 0.15) is 16.8 Å². The second-order valence-corrected chi connectivity index (χ2v) is 7.37. The van der Waals surface area contributed by atoms with Crippen LogP contribution in [0.15, 0.2) is 53.4 Å². The first-order chi connectivity index (χ1) is 14.1. The van der Waals surface area contributed by atoms with Crippen LogP contribution in [0.2, 0.25) is 5.02 Å². The van der Waals surface area contributed by atoms with Gasteiger partial charge in [-0.3, -0.25) is 4.79 Å². The Balaban J connectivity index is 1.74. The zero-order valence-electron chi connectivity index (χ0n) is 16.2. The van der Waals surface area contributed by atoms with E-state index in [-0.39, 0.29) is 18.3 Å². The molecular formula is C21H24ClNO5S. The summed E-state index contributed by atoms with van der Waals surface area (Å²) in [6, 6.07) is 14.2. The van der Waals surface area contributed by atoms with E-state index < -0.39 is 5.97 Å². The van der Waals surface area contributed by atoms with Crippen molar-refractivity contribution in [1.82, 2.24) is 5.32 Å². The lowest BCUT2D eigenvalue weighted by Gasteiger charge is -2.10. The molecule has 1 N–H and O–H groups in total. The Hall–Kier alpha value is -2.22. The van der Waals surface area contributed by atoms with Gasteiger partial charge in [-0.2, -0.15) is 0 Å². The molecular weight excluding hydrogens is 414 g/mol. The number of benzene rings is 2. The number of hydrogen-bond acceptors (Lipinski definition) is 6. The van der Waals surface area contributed by atoms with E-state index in [1.165, 1.54) is 11.8 Å². The van der Waals surface area contributed by atoms with Gasteiger partial charge in [0.2, 0.25) is 5.91 Å². The van der Waals surface area contributed by atoms with Gasteiger partial charge < -0.3 is 19.5 Å². The third-order valence-electron chi connectivity index (χ3n) is 3.70. The van der Waals surface area contributed by atoms with E-state index in [1.807, 2.05) is 6.07 Å². The lowest BCUT2D eigenvalue weighted by atomic mass is 10.2. The van der Waals surface area contributed by atoms with E-state index in [1.54, 1.807) is 49.6 Å². The second-order valence-electron chi connectivity index (χ2n) is 5.92. The summed E-state index contributed by atoms with van der Waals surface area (Å²) in [4.78, 5) is 24.9. The highest BCUT2D eigenvalue weighted by molar-refractivity contribution is 8.00. The molecule has 0 saturated heterocycles. The van der Waals surface area contributed by atoms with E-state index >= 15 is 0 Å². The third-order valence-corrected chi connectivity index (χ3v) is 5.02. The van der Waals surface area contributed by atoms with E-state index in [2.05, 4.69) is 5.32 Å². The zero-order valence-corrected chi connectivity index (χ0v) is 17.8. The third kappa shape index (κ3) is 8.77. The smallest absolute Gasteiger partial charge is 0.339 e. The molecule has 29 heavy (non-hydrogen) atoms. The van der Waals surface area contributed by atoms with Crippen molar-refractivity contribution in [3.63, 3.8) is 0 Å². The number of thioether (sulfide) groups is 1. The lowest BCUT2D eigenvalue weighted by molar-refractivity contribution is -0.118. The average Bonchev–Trinajstić information content (AvgIpc) is 2.73. The number of esters is 1. The van der Waals surface area contributed by atoms with Crippen molar-refractivity contribution in [2.24, 2.45) is 0 Å². The molecule has 0 unspecified atom stereocenters. The van der Waals surface area contributed by atoms with E-state index in [0.717, 1.165) is 0 Å². The molecule has 2 aromatic carbocycles. The van der Waals surface area contributed by atoms with Crippen LogP contribution < -0.4 is 10.1 Å². The van der Waals surface area contributed by atoms with Crippen LogP contribution in [-0.4, -0.2) is 51.1 Å². The molecule has 0 aliphatic carbocycles. The highest BCUT2D eigenvalue weighted by Gasteiger charge is 2.14. The number of amides is 1. The molecule has 1 amide bonds. The molecule has 0 aliphatic heterocycles. The van der Waals surface area contributed by atoms with Crippen molar-refractivity contribution >= 4 is 35.2 Å². The van der Waals surface area contributed by atoms with Crippen LogP contribution in [0.5, 0.6) is 5.75 Å². The van der Waals surface area contributed by atoms with Crippen LogP contribution in [0.25, 0.3) is 0 Å². The first-order valence-electron chi connectivity index (χ1n) is 9.13. The molecule has 2 aromatic rings. The van der Waals surface area contributed by atoms with Crippen molar-refractivity contribution in [2.45, 2.75) is 11.3 Å². The Kier molecular flexibility index (Phi) is 10.4. The molecule has 0 heterocycles. The van der Waals surface area contributed by atoms with Crippen molar-refractivity contribution in [1.29, 1.82) is 0 Å². The summed E-state index contributed by atoms with van der Waals surface area (Å²) in [6.07, 6.45) is 0.561. The van der Waals surface area contributed by atoms with E-state index in [9.17, 15) is 9.59 Å². The van der Waals surface area contributed by atoms with Crippen molar-refractivity contribution in [3.05, 3.63) is 59.1 Å². The number of rotatable bonds is 12. The standard InChI is InChI=1S/C21H24ClNO5S/c1-26-14-11-23-20(24)15-29-19-6-3-2-5-18(19)21(25)28-13-4-12-27-17-9-7-16(22)8-10-17/h2-3,5-10H,4,11-15H2,1H3,(H,23,24). The van der Waals surface area contributed by atoms with Crippen molar-refractivity contribution < 1.29 is 23.8 Å². The molecule has 0 atom stereocenters. The molecule has 0 aliphatic rings. The molecule has 0 bridgehead atoms. The fourth-order valence-electron chi connectivity index (χ4n) is 2.27. The second kappa shape index (κ2) is 13.1. The van der Waals surface area contributed by atoms with Gasteiger partial charge in [0.25, 0.3) is 0 Å². The lowest BCUT2D eigenvalue weighted by Crippen LogP contribution is -2.28. The largest absolute Gasteiger partial charge is 0.493 e. The van der Waals surface area contributed by atoms with Gasteiger partial charge in [-0.1, -0.05) is 23.7 Å². The summed E-state index contributed by atoms with van der Waals surface area (Å²) >= 11 is 7.12. The number of halogens is 1. The van der Waals surface area contributed by atoms with Crippen molar-refractivity contribution in [2.75, 3.05) is 39.2 Å². The summed E-state index contributed by atoms with van der Waals surface area (Å²) in [5, 5.41) is 3.39. The number of methoxy groups -OCH3 is 1. The van der Waals surface area contributed by atoms with Crippen LogP contribution >= 0.6 is 23.4 Å². The predicted octanol–water partition coefficient (Wildman–Crippen LogP) is 3.82. The maximum Gasteiger partial charge on any atom is 0.339 e. The van der Waals surface area contributed by atoms with Crippen LogP contribution in [0, 0.1) is 0 Å². The summed E-state index contributed by atoms with van der Waals surface area (Å²) in [7, 11) is 1.58. The summed E-state index contributed by atoms with van der Waals surface area (Å²) < 4.78 is 15.8. The van der Waals surface area contributed by atoms with Gasteiger partial charge in [0.1, 0.15) is 5.75 Å². The van der Waals surface area contributed by atoms with E-state index in [4.69, 9.17) is 25.8 Å². The molecule has 0 radical (unpaired) electrons. The first kappa shape index (κ1) is 23.1. The van der Waals surface area contributed by atoms with Gasteiger partial charge in [-0.25, -0.2) is 4.79 Å². The average molecular weight is 438 g/mol.